The van der Waals surface area contributed by atoms with Gasteiger partial charge in [-0.1, -0.05) is 29.8 Å². The zero-order chi connectivity index (χ0) is 30.2. The fourth-order valence-corrected chi connectivity index (χ4v) is 7.71. The molecule has 3 aromatic carbocycles. The molecule has 0 saturated carbocycles. The van der Waals surface area contributed by atoms with Crippen LogP contribution in [0.1, 0.15) is 44.2 Å². The van der Waals surface area contributed by atoms with Gasteiger partial charge in [-0.3, -0.25) is 4.79 Å². The Kier molecular flexibility index (Phi) is 8.53. The number of halogens is 2. The van der Waals surface area contributed by atoms with Crippen LogP contribution in [-0.2, 0) is 20.2 Å². The van der Waals surface area contributed by atoms with Crippen LogP contribution in [-0.4, -0.2) is 58.1 Å². The van der Waals surface area contributed by atoms with Gasteiger partial charge in [0.15, 0.2) is 0 Å². The number of ether oxygens (including phenoxy) is 2. The van der Waals surface area contributed by atoms with Crippen molar-refractivity contribution in [3.05, 3.63) is 82.6 Å². The summed E-state index contributed by atoms with van der Waals surface area (Å²) in [7, 11) is -3.04. The second-order valence-corrected chi connectivity index (χ2v) is 13.2. The van der Waals surface area contributed by atoms with Gasteiger partial charge in [-0.05, 0) is 88.2 Å². The van der Waals surface area contributed by atoms with Crippen LogP contribution in [0.25, 0.3) is 0 Å². The number of likely N-dealkylation sites (tertiary alicyclic amines) is 1. The Morgan fingerprint density at radius 2 is 1.83 bits per heavy atom. The third-order valence-corrected chi connectivity index (χ3v) is 9.91. The van der Waals surface area contributed by atoms with Gasteiger partial charge in [-0.15, -0.1) is 0 Å². The quantitative estimate of drug-likeness (QED) is 0.338. The van der Waals surface area contributed by atoms with Crippen molar-refractivity contribution in [2.45, 2.75) is 55.6 Å². The summed E-state index contributed by atoms with van der Waals surface area (Å²) in [6.07, 6.45) is 1.42. The molecule has 0 bridgehead atoms. The average Bonchev–Trinajstić information content (AvgIpc) is 3.46. The second-order valence-electron chi connectivity index (χ2n) is 11.1. The predicted octanol–water partition coefficient (Wildman–Crippen LogP) is 5.11. The number of hydrogen-bond donors (Lipinski definition) is 1. The smallest absolute Gasteiger partial charge is 0.270 e. The summed E-state index contributed by atoms with van der Waals surface area (Å²) < 4.78 is 56.0. The van der Waals surface area contributed by atoms with E-state index in [2.05, 4.69) is 4.90 Å². The number of rotatable bonds is 10. The molecule has 1 unspecified atom stereocenters. The van der Waals surface area contributed by atoms with Crippen molar-refractivity contribution in [3.63, 3.8) is 0 Å². The maximum atomic E-state index is 15.7. The Hall–Kier alpha value is -3.18. The molecule has 2 atom stereocenters. The summed E-state index contributed by atoms with van der Waals surface area (Å²) >= 11 is 6.57. The third-order valence-electron chi connectivity index (χ3n) is 7.90. The highest BCUT2D eigenvalue weighted by Gasteiger charge is 2.57. The normalized spacial score (nSPS) is 20.8. The lowest BCUT2D eigenvalue weighted by atomic mass is 9.72. The van der Waals surface area contributed by atoms with E-state index < -0.39 is 27.2 Å². The Bertz CT molecular complexity index is 1580. The Morgan fingerprint density at radius 1 is 1.12 bits per heavy atom. The second kappa shape index (κ2) is 11.8. The van der Waals surface area contributed by atoms with Gasteiger partial charge in [0.05, 0.1) is 28.8 Å². The van der Waals surface area contributed by atoms with Crippen LogP contribution in [0, 0.1) is 5.82 Å². The molecule has 1 saturated heterocycles. The number of carbonyl (C=O) groups is 1. The molecule has 0 spiro atoms. The number of methoxy groups -OCH3 is 1. The van der Waals surface area contributed by atoms with Gasteiger partial charge >= 0.3 is 0 Å². The first kappa shape index (κ1) is 30.3. The van der Waals surface area contributed by atoms with Crippen molar-refractivity contribution in [1.82, 2.24) is 4.90 Å². The lowest BCUT2D eigenvalue weighted by Crippen LogP contribution is -2.45. The van der Waals surface area contributed by atoms with Gasteiger partial charge in [-0.2, -0.15) is 0 Å². The average molecular weight is 616 g/mol. The fraction of sp³-hybridized carbons (Fsp3) is 0.387. The fourth-order valence-electron chi connectivity index (χ4n) is 5.99. The van der Waals surface area contributed by atoms with Crippen LogP contribution in [0.15, 0.2) is 65.6 Å². The van der Waals surface area contributed by atoms with Gasteiger partial charge in [-0.25, -0.2) is 17.1 Å². The number of hydrogen-bond acceptors (Lipinski definition) is 7. The molecule has 2 aliphatic heterocycles. The summed E-state index contributed by atoms with van der Waals surface area (Å²) in [6.45, 7) is 5.92. The standard InChI is InChI=1S/C31H35ClFN3O5S/c1-20(2)41-22-9-11-23(12-10-22)42(38,39)36-28-18-29(40-3)26(32)17-25(28)31(30(36)37,24-7-4-5-8-27(24)33)14-6-15-35-16-13-21(34)19-35/h4-5,7-12,17-18,20-21H,6,13-16,19,34H2,1-3H3/t21-,31?/m0/s1. The number of carbonyl (C=O) groups excluding carboxylic acids is 1. The summed E-state index contributed by atoms with van der Waals surface area (Å²) in [5.41, 5.74) is 4.92. The number of sulfonamides is 1. The molecule has 42 heavy (non-hydrogen) atoms. The molecule has 3 aromatic rings. The molecule has 11 heteroatoms. The Morgan fingerprint density at radius 3 is 2.45 bits per heavy atom. The first-order valence-corrected chi connectivity index (χ1v) is 15.8. The van der Waals surface area contributed by atoms with Gasteiger partial charge in [0.1, 0.15) is 22.7 Å². The molecule has 5 rings (SSSR count). The maximum Gasteiger partial charge on any atom is 0.270 e. The minimum Gasteiger partial charge on any atom is -0.495 e. The zero-order valence-corrected chi connectivity index (χ0v) is 25.4. The van der Waals surface area contributed by atoms with Crippen LogP contribution < -0.4 is 19.5 Å². The van der Waals surface area contributed by atoms with Gasteiger partial charge < -0.3 is 20.1 Å². The third kappa shape index (κ3) is 5.37. The molecule has 1 fully saturated rings. The van der Waals surface area contributed by atoms with Crippen molar-refractivity contribution in [3.8, 4) is 11.5 Å². The first-order valence-electron chi connectivity index (χ1n) is 14.0. The molecular weight excluding hydrogens is 581 g/mol. The van der Waals surface area contributed by atoms with Crippen LogP contribution in [0.3, 0.4) is 0 Å². The summed E-state index contributed by atoms with van der Waals surface area (Å²) in [4.78, 5) is 16.8. The van der Waals surface area contributed by atoms with E-state index in [1.807, 2.05) is 13.8 Å². The van der Waals surface area contributed by atoms with Gasteiger partial charge in [0, 0.05) is 24.2 Å². The highest BCUT2D eigenvalue weighted by molar-refractivity contribution is 7.93. The molecule has 8 nitrogen and oxygen atoms in total. The van der Waals surface area contributed by atoms with Crippen molar-refractivity contribution in [2.24, 2.45) is 5.73 Å². The van der Waals surface area contributed by atoms with E-state index >= 15 is 4.39 Å². The molecule has 1 amide bonds. The van der Waals surface area contributed by atoms with Crippen molar-refractivity contribution in [1.29, 1.82) is 0 Å². The monoisotopic (exact) mass is 615 g/mol. The van der Waals surface area contributed by atoms with E-state index in [9.17, 15) is 13.2 Å². The molecule has 2 heterocycles. The van der Waals surface area contributed by atoms with Crippen LogP contribution in [0.5, 0.6) is 11.5 Å². The van der Waals surface area contributed by atoms with E-state index in [0.29, 0.717) is 24.3 Å². The highest BCUT2D eigenvalue weighted by atomic mass is 35.5. The van der Waals surface area contributed by atoms with E-state index in [-0.39, 0.29) is 45.5 Å². The summed E-state index contributed by atoms with van der Waals surface area (Å²) in [5.74, 6) is -0.693. The van der Waals surface area contributed by atoms with E-state index in [1.165, 1.54) is 49.6 Å². The van der Waals surface area contributed by atoms with Crippen molar-refractivity contribution < 1.29 is 27.1 Å². The molecular formula is C31H35ClFN3O5S. The van der Waals surface area contributed by atoms with Crippen molar-refractivity contribution >= 4 is 33.2 Å². The summed E-state index contributed by atoms with van der Waals surface area (Å²) in [6, 6.07) is 14.9. The minimum atomic E-state index is -4.44. The number of benzene rings is 3. The molecule has 0 aromatic heterocycles. The molecule has 2 N–H and O–H groups in total. The Balaban J connectivity index is 1.65. The van der Waals surface area contributed by atoms with E-state index in [1.54, 1.807) is 18.2 Å². The SMILES string of the molecule is COc1cc2c(cc1Cl)C(CCCN1CC[C@H](N)C1)(c1ccccc1F)C(=O)N2S(=O)(=O)c1ccc(OC(C)C)cc1. The number of nitrogens with zero attached hydrogens (tertiary/aromatic N) is 2. The predicted molar refractivity (Wildman–Crippen MR) is 160 cm³/mol. The Labute approximate surface area is 251 Å². The maximum absolute atomic E-state index is 15.7. The molecule has 0 radical (unpaired) electrons. The number of nitrogens with two attached hydrogens (primary N) is 1. The van der Waals surface area contributed by atoms with E-state index in [0.717, 1.165) is 23.8 Å². The minimum absolute atomic E-state index is 0.0789. The van der Waals surface area contributed by atoms with Gasteiger partial charge in [0.25, 0.3) is 15.9 Å². The number of amides is 1. The molecule has 224 valence electrons. The lowest BCUT2D eigenvalue weighted by Gasteiger charge is -2.30. The number of anilines is 1. The van der Waals surface area contributed by atoms with Gasteiger partial charge in [0.2, 0.25) is 0 Å². The first-order chi connectivity index (χ1) is 20.0. The molecule has 0 aliphatic carbocycles. The van der Waals surface area contributed by atoms with Crippen LogP contribution >= 0.6 is 11.6 Å². The highest BCUT2D eigenvalue weighted by Crippen LogP contribution is 2.53. The number of fused-ring (bicyclic) bond motifs is 1. The van der Waals surface area contributed by atoms with Crippen LogP contribution in [0.4, 0.5) is 10.1 Å². The topological polar surface area (TPSA) is 102 Å². The van der Waals surface area contributed by atoms with Crippen molar-refractivity contribution in [2.75, 3.05) is 31.0 Å². The lowest BCUT2D eigenvalue weighted by molar-refractivity contribution is -0.121. The zero-order valence-electron chi connectivity index (χ0n) is 23.8. The van der Waals surface area contributed by atoms with E-state index in [4.69, 9.17) is 26.8 Å². The van der Waals surface area contributed by atoms with Crippen LogP contribution in [0.2, 0.25) is 5.02 Å². The summed E-state index contributed by atoms with van der Waals surface area (Å²) in [5, 5.41) is 0.185. The largest absolute Gasteiger partial charge is 0.495 e. The molecule has 2 aliphatic rings.